The second-order valence-corrected chi connectivity index (χ2v) is 6.47. The number of rotatable bonds is 7. The Labute approximate surface area is 108 Å². The molecule has 0 bridgehead atoms. The molecule has 0 fully saturated rings. The Bertz CT molecular complexity index is 479. The molecule has 0 spiro atoms. The smallest absolute Gasteiger partial charge is 0.244 e. The third-order valence-corrected chi connectivity index (χ3v) is 4.34. The van der Waals surface area contributed by atoms with Crippen molar-refractivity contribution in [3.05, 3.63) is 11.4 Å². The van der Waals surface area contributed by atoms with E-state index in [1.807, 2.05) is 0 Å². The van der Waals surface area contributed by atoms with Crippen molar-refractivity contribution >= 4 is 10.0 Å². The van der Waals surface area contributed by atoms with E-state index in [0.717, 1.165) is 12.8 Å². The Kier molecular flexibility index (Phi) is 5.30. The lowest BCUT2D eigenvalue weighted by Crippen LogP contribution is -2.26. The number of aromatic nitrogens is 2. The molecule has 0 aromatic carbocycles. The first kappa shape index (κ1) is 15.1. The lowest BCUT2D eigenvalue weighted by Gasteiger charge is -2.08. The van der Waals surface area contributed by atoms with Crippen LogP contribution in [-0.2, 0) is 16.6 Å². The number of H-pyrrole nitrogens is 1. The Balaban J connectivity index is 2.71. The van der Waals surface area contributed by atoms with Crippen LogP contribution in [0.2, 0.25) is 0 Å². The van der Waals surface area contributed by atoms with Crippen LogP contribution in [0.5, 0.6) is 0 Å². The number of nitrogens with one attached hydrogen (secondary N) is 2. The van der Waals surface area contributed by atoms with E-state index in [4.69, 9.17) is 5.73 Å². The Morgan fingerprint density at radius 2 is 2.11 bits per heavy atom. The van der Waals surface area contributed by atoms with Crippen LogP contribution in [0.25, 0.3) is 0 Å². The number of nitrogens with two attached hydrogens (primary N) is 1. The molecule has 7 heteroatoms. The molecule has 0 aliphatic heterocycles. The molecule has 104 valence electrons. The zero-order valence-electron chi connectivity index (χ0n) is 11.2. The van der Waals surface area contributed by atoms with Crippen LogP contribution in [0.3, 0.4) is 0 Å². The molecular formula is C11H22N4O2S. The molecule has 0 amide bonds. The monoisotopic (exact) mass is 274 g/mol. The highest BCUT2D eigenvalue weighted by molar-refractivity contribution is 7.89. The molecule has 1 rings (SSSR count). The van der Waals surface area contributed by atoms with Gasteiger partial charge in [-0.05, 0) is 25.7 Å². The topological polar surface area (TPSA) is 101 Å². The molecule has 1 aromatic heterocycles. The van der Waals surface area contributed by atoms with Gasteiger partial charge in [0, 0.05) is 13.1 Å². The summed E-state index contributed by atoms with van der Waals surface area (Å²) in [5.41, 5.74) is 6.38. The maximum absolute atomic E-state index is 12.1. The summed E-state index contributed by atoms with van der Waals surface area (Å²) in [6.07, 6.45) is 1.82. The van der Waals surface area contributed by atoms with Gasteiger partial charge in [-0.25, -0.2) is 13.1 Å². The molecule has 0 atom stereocenters. The molecule has 0 aliphatic carbocycles. The van der Waals surface area contributed by atoms with Gasteiger partial charge in [-0.1, -0.05) is 13.8 Å². The largest absolute Gasteiger partial charge is 0.325 e. The van der Waals surface area contributed by atoms with Gasteiger partial charge in [0.2, 0.25) is 10.0 Å². The molecule has 18 heavy (non-hydrogen) atoms. The van der Waals surface area contributed by atoms with E-state index < -0.39 is 10.0 Å². The van der Waals surface area contributed by atoms with Crippen LogP contribution in [-0.4, -0.2) is 25.2 Å². The number of nitrogens with zero attached hydrogens (tertiary/aromatic N) is 1. The zero-order chi connectivity index (χ0) is 13.8. The van der Waals surface area contributed by atoms with E-state index in [0.29, 0.717) is 23.9 Å². The van der Waals surface area contributed by atoms with Crippen molar-refractivity contribution in [1.82, 2.24) is 14.9 Å². The summed E-state index contributed by atoms with van der Waals surface area (Å²) >= 11 is 0. The van der Waals surface area contributed by atoms with Crippen LogP contribution in [0.1, 0.15) is 38.1 Å². The van der Waals surface area contributed by atoms with Gasteiger partial charge in [-0.15, -0.1) is 0 Å². The van der Waals surface area contributed by atoms with Crippen LogP contribution in [0.4, 0.5) is 0 Å². The number of hydrogen-bond acceptors (Lipinski definition) is 4. The second kappa shape index (κ2) is 6.31. The van der Waals surface area contributed by atoms with Gasteiger partial charge in [0.05, 0.1) is 11.4 Å². The summed E-state index contributed by atoms with van der Waals surface area (Å²) in [5, 5.41) is 6.54. The van der Waals surface area contributed by atoms with Crippen molar-refractivity contribution in [2.24, 2.45) is 11.7 Å². The van der Waals surface area contributed by atoms with Gasteiger partial charge in [0.25, 0.3) is 0 Å². The van der Waals surface area contributed by atoms with Crippen molar-refractivity contribution in [2.75, 3.05) is 6.54 Å². The van der Waals surface area contributed by atoms with Crippen molar-refractivity contribution in [3.8, 4) is 0 Å². The van der Waals surface area contributed by atoms with Gasteiger partial charge in [0.15, 0.2) is 0 Å². The van der Waals surface area contributed by atoms with Crippen LogP contribution < -0.4 is 10.5 Å². The molecule has 1 heterocycles. The predicted molar refractivity (Wildman–Crippen MR) is 70.5 cm³/mol. The molecule has 1 aromatic rings. The third kappa shape index (κ3) is 3.79. The van der Waals surface area contributed by atoms with Gasteiger partial charge in [-0.3, -0.25) is 5.10 Å². The van der Waals surface area contributed by atoms with Crippen molar-refractivity contribution in [2.45, 2.75) is 45.1 Å². The minimum Gasteiger partial charge on any atom is -0.325 e. The van der Waals surface area contributed by atoms with E-state index in [9.17, 15) is 8.42 Å². The fourth-order valence-corrected chi connectivity index (χ4v) is 3.20. The average molecular weight is 274 g/mol. The van der Waals surface area contributed by atoms with E-state index in [2.05, 4.69) is 28.8 Å². The van der Waals surface area contributed by atoms with Crippen LogP contribution in [0.15, 0.2) is 4.90 Å². The molecule has 0 unspecified atom stereocenters. The maximum atomic E-state index is 12.1. The summed E-state index contributed by atoms with van der Waals surface area (Å²) in [5.74, 6) is 0.574. The highest BCUT2D eigenvalue weighted by atomic mass is 32.2. The summed E-state index contributed by atoms with van der Waals surface area (Å²) < 4.78 is 26.8. The standard InChI is InChI=1S/C11H22N4O2S/c1-8(2)5-4-6-13-18(16,17)11-9(3)14-15-10(11)7-12/h8,13H,4-7,12H2,1-3H3,(H,14,15). The average Bonchev–Trinajstić information content (AvgIpc) is 2.66. The highest BCUT2D eigenvalue weighted by Crippen LogP contribution is 2.16. The second-order valence-electron chi connectivity index (χ2n) is 4.76. The van der Waals surface area contributed by atoms with Crippen molar-refractivity contribution < 1.29 is 8.42 Å². The first-order valence-corrected chi connectivity index (χ1v) is 7.60. The summed E-state index contributed by atoms with van der Waals surface area (Å²) in [7, 11) is -3.51. The maximum Gasteiger partial charge on any atom is 0.244 e. The normalized spacial score (nSPS) is 12.3. The third-order valence-electron chi connectivity index (χ3n) is 2.67. The van der Waals surface area contributed by atoms with Crippen LogP contribution in [0, 0.1) is 12.8 Å². The molecule has 0 aliphatic rings. The molecule has 0 radical (unpaired) electrons. The SMILES string of the molecule is Cc1[nH]nc(CN)c1S(=O)(=O)NCCCC(C)C. The Morgan fingerprint density at radius 3 is 2.67 bits per heavy atom. The predicted octanol–water partition coefficient (Wildman–Crippen LogP) is 0.891. The first-order valence-electron chi connectivity index (χ1n) is 6.12. The Morgan fingerprint density at radius 1 is 1.44 bits per heavy atom. The molecular weight excluding hydrogens is 252 g/mol. The van der Waals surface area contributed by atoms with E-state index >= 15 is 0 Å². The summed E-state index contributed by atoms with van der Waals surface area (Å²) in [6, 6.07) is 0. The van der Waals surface area contributed by atoms with Gasteiger partial charge in [0.1, 0.15) is 4.90 Å². The first-order chi connectivity index (χ1) is 8.38. The van der Waals surface area contributed by atoms with E-state index in [1.54, 1.807) is 6.92 Å². The Hall–Kier alpha value is -0.920. The number of hydrogen-bond donors (Lipinski definition) is 3. The summed E-state index contributed by atoms with van der Waals surface area (Å²) in [6.45, 7) is 6.44. The molecule has 0 saturated heterocycles. The zero-order valence-corrected chi connectivity index (χ0v) is 12.0. The van der Waals surface area contributed by atoms with Crippen molar-refractivity contribution in [1.29, 1.82) is 0 Å². The van der Waals surface area contributed by atoms with Gasteiger partial charge < -0.3 is 5.73 Å². The fourth-order valence-electron chi connectivity index (χ4n) is 1.75. The minimum absolute atomic E-state index is 0.104. The molecule has 6 nitrogen and oxygen atoms in total. The highest BCUT2D eigenvalue weighted by Gasteiger charge is 2.22. The van der Waals surface area contributed by atoms with E-state index in [-0.39, 0.29) is 11.4 Å². The van der Waals surface area contributed by atoms with Gasteiger partial charge >= 0.3 is 0 Å². The number of sulfonamides is 1. The van der Waals surface area contributed by atoms with Crippen molar-refractivity contribution in [3.63, 3.8) is 0 Å². The van der Waals surface area contributed by atoms with E-state index in [1.165, 1.54) is 0 Å². The lowest BCUT2D eigenvalue weighted by atomic mass is 10.1. The molecule has 4 N–H and O–H groups in total. The number of aromatic amines is 1. The lowest BCUT2D eigenvalue weighted by molar-refractivity contribution is 0.539. The van der Waals surface area contributed by atoms with Gasteiger partial charge in [-0.2, -0.15) is 5.10 Å². The van der Waals surface area contributed by atoms with Crippen LogP contribution >= 0.6 is 0 Å². The fraction of sp³-hybridized carbons (Fsp3) is 0.727. The molecule has 0 saturated carbocycles. The number of aryl methyl sites for hydroxylation is 1. The minimum atomic E-state index is -3.51. The quantitative estimate of drug-likeness (QED) is 0.643. The summed E-state index contributed by atoms with van der Waals surface area (Å²) in [4.78, 5) is 0.189.